The van der Waals surface area contributed by atoms with Crippen molar-refractivity contribution in [2.45, 2.75) is 12.8 Å². The summed E-state index contributed by atoms with van der Waals surface area (Å²) in [5, 5.41) is 12.2. The quantitative estimate of drug-likeness (QED) is 0.677. The maximum atomic E-state index is 12.4. The van der Waals surface area contributed by atoms with Gasteiger partial charge in [0.1, 0.15) is 11.5 Å². The zero-order valence-corrected chi connectivity index (χ0v) is 16.1. The van der Waals surface area contributed by atoms with Gasteiger partial charge in [0.2, 0.25) is 5.91 Å². The molecule has 0 aliphatic carbocycles. The SMILES string of the molecule is COc1ccc(OC)c(NC(=O)CC(Cc2ccc(Br)cc2)C(=O)O)c1. The van der Waals surface area contributed by atoms with Crippen LogP contribution in [-0.4, -0.2) is 31.2 Å². The third kappa shape index (κ3) is 5.49. The number of rotatable bonds is 8. The van der Waals surface area contributed by atoms with Gasteiger partial charge >= 0.3 is 5.97 Å². The average molecular weight is 422 g/mol. The van der Waals surface area contributed by atoms with E-state index in [1.165, 1.54) is 14.2 Å². The molecule has 0 aliphatic heterocycles. The van der Waals surface area contributed by atoms with E-state index in [0.717, 1.165) is 10.0 Å². The Morgan fingerprint density at radius 2 is 1.81 bits per heavy atom. The summed E-state index contributed by atoms with van der Waals surface area (Å²) in [6.45, 7) is 0. The van der Waals surface area contributed by atoms with Crippen molar-refractivity contribution < 1.29 is 24.2 Å². The highest BCUT2D eigenvalue weighted by Gasteiger charge is 2.22. The number of ether oxygens (including phenoxy) is 2. The van der Waals surface area contributed by atoms with Gasteiger partial charge in [-0.3, -0.25) is 9.59 Å². The number of amides is 1. The van der Waals surface area contributed by atoms with Crippen LogP contribution in [0.25, 0.3) is 0 Å². The Kier molecular flexibility index (Phi) is 7.03. The summed E-state index contributed by atoms with van der Waals surface area (Å²) in [6, 6.07) is 12.4. The van der Waals surface area contributed by atoms with Crippen molar-refractivity contribution in [3.8, 4) is 11.5 Å². The lowest BCUT2D eigenvalue weighted by Gasteiger charge is -2.15. The van der Waals surface area contributed by atoms with E-state index in [4.69, 9.17) is 9.47 Å². The Balaban J connectivity index is 2.08. The molecule has 26 heavy (non-hydrogen) atoms. The summed E-state index contributed by atoms with van der Waals surface area (Å²) in [4.78, 5) is 23.9. The van der Waals surface area contributed by atoms with Gasteiger partial charge in [0.25, 0.3) is 0 Å². The first-order valence-electron chi connectivity index (χ1n) is 7.92. The van der Waals surface area contributed by atoms with E-state index >= 15 is 0 Å². The van der Waals surface area contributed by atoms with Crippen LogP contribution in [0.4, 0.5) is 5.69 Å². The number of aliphatic carboxylic acids is 1. The number of carbonyl (C=O) groups excluding carboxylic acids is 1. The first-order chi connectivity index (χ1) is 12.4. The second-order valence-electron chi connectivity index (χ2n) is 5.68. The molecule has 0 heterocycles. The smallest absolute Gasteiger partial charge is 0.307 e. The molecular formula is C19H20BrNO5. The number of hydrogen-bond acceptors (Lipinski definition) is 4. The van der Waals surface area contributed by atoms with Gasteiger partial charge in [-0.25, -0.2) is 0 Å². The van der Waals surface area contributed by atoms with E-state index in [-0.39, 0.29) is 12.8 Å². The number of hydrogen-bond donors (Lipinski definition) is 2. The molecule has 2 rings (SSSR count). The van der Waals surface area contributed by atoms with Crippen LogP contribution < -0.4 is 14.8 Å². The number of carboxylic acids is 1. The van der Waals surface area contributed by atoms with Gasteiger partial charge < -0.3 is 19.9 Å². The summed E-state index contributed by atoms with van der Waals surface area (Å²) in [7, 11) is 3.01. The van der Waals surface area contributed by atoms with Crippen LogP contribution in [0.1, 0.15) is 12.0 Å². The largest absolute Gasteiger partial charge is 0.497 e. The minimum Gasteiger partial charge on any atom is -0.497 e. The molecule has 138 valence electrons. The van der Waals surface area contributed by atoms with Crippen molar-refractivity contribution in [3.05, 3.63) is 52.5 Å². The number of benzene rings is 2. The maximum absolute atomic E-state index is 12.4. The minimum absolute atomic E-state index is 0.147. The van der Waals surface area contributed by atoms with Crippen LogP contribution in [-0.2, 0) is 16.0 Å². The van der Waals surface area contributed by atoms with Crippen LogP contribution in [0.15, 0.2) is 46.9 Å². The van der Waals surface area contributed by atoms with Gasteiger partial charge in [-0.2, -0.15) is 0 Å². The van der Waals surface area contributed by atoms with E-state index in [1.54, 1.807) is 18.2 Å². The normalized spacial score (nSPS) is 11.5. The number of nitrogens with one attached hydrogen (secondary N) is 1. The number of carboxylic acid groups (broad SMARTS) is 1. The number of anilines is 1. The molecule has 6 nitrogen and oxygen atoms in total. The van der Waals surface area contributed by atoms with Crippen molar-refractivity contribution in [3.63, 3.8) is 0 Å². The molecule has 2 aromatic rings. The van der Waals surface area contributed by atoms with Crippen molar-refractivity contribution in [2.24, 2.45) is 5.92 Å². The molecular weight excluding hydrogens is 402 g/mol. The topological polar surface area (TPSA) is 84.9 Å². The first kappa shape index (κ1) is 19.8. The van der Waals surface area contributed by atoms with E-state index in [0.29, 0.717) is 17.2 Å². The molecule has 0 saturated carbocycles. The zero-order valence-electron chi connectivity index (χ0n) is 14.5. The van der Waals surface area contributed by atoms with Crippen LogP contribution in [0.5, 0.6) is 11.5 Å². The van der Waals surface area contributed by atoms with Gasteiger partial charge in [-0.15, -0.1) is 0 Å². The third-order valence-corrected chi connectivity index (χ3v) is 4.39. The molecule has 0 bridgehead atoms. The predicted molar refractivity (Wildman–Crippen MR) is 102 cm³/mol. The van der Waals surface area contributed by atoms with Crippen molar-refractivity contribution >= 4 is 33.5 Å². The Morgan fingerprint density at radius 3 is 2.38 bits per heavy atom. The fourth-order valence-corrected chi connectivity index (χ4v) is 2.75. The van der Waals surface area contributed by atoms with Gasteiger partial charge in [0, 0.05) is 17.0 Å². The second kappa shape index (κ2) is 9.24. The molecule has 2 aromatic carbocycles. The molecule has 0 aromatic heterocycles. The molecule has 0 spiro atoms. The number of halogens is 1. The molecule has 7 heteroatoms. The fourth-order valence-electron chi connectivity index (χ4n) is 2.49. The van der Waals surface area contributed by atoms with E-state index in [2.05, 4.69) is 21.2 Å². The lowest BCUT2D eigenvalue weighted by molar-refractivity contribution is -0.143. The molecule has 2 N–H and O–H groups in total. The zero-order chi connectivity index (χ0) is 19.1. The fraction of sp³-hybridized carbons (Fsp3) is 0.263. The van der Waals surface area contributed by atoms with Crippen LogP contribution in [0.2, 0.25) is 0 Å². The van der Waals surface area contributed by atoms with Gasteiger partial charge in [-0.05, 0) is 36.2 Å². The lowest BCUT2D eigenvalue weighted by Crippen LogP contribution is -2.24. The summed E-state index contributed by atoms with van der Waals surface area (Å²) in [5.74, 6) is -1.21. The van der Waals surface area contributed by atoms with E-state index in [9.17, 15) is 14.7 Å². The summed E-state index contributed by atoms with van der Waals surface area (Å²) < 4.78 is 11.3. The Morgan fingerprint density at radius 1 is 1.12 bits per heavy atom. The van der Waals surface area contributed by atoms with Crippen LogP contribution >= 0.6 is 15.9 Å². The van der Waals surface area contributed by atoms with Gasteiger partial charge in [0.05, 0.1) is 25.8 Å². The van der Waals surface area contributed by atoms with Crippen LogP contribution in [0.3, 0.4) is 0 Å². The highest BCUT2D eigenvalue weighted by atomic mass is 79.9. The first-order valence-corrected chi connectivity index (χ1v) is 8.71. The molecule has 1 atom stereocenters. The standard InChI is InChI=1S/C19H20BrNO5/c1-25-15-7-8-17(26-2)16(11-15)21-18(22)10-13(19(23)24)9-12-3-5-14(20)6-4-12/h3-8,11,13H,9-10H2,1-2H3,(H,21,22)(H,23,24). The Bertz CT molecular complexity index is 776. The monoisotopic (exact) mass is 421 g/mol. The summed E-state index contributed by atoms with van der Waals surface area (Å²) in [5.41, 5.74) is 1.29. The average Bonchev–Trinajstić information content (AvgIpc) is 2.62. The van der Waals surface area contributed by atoms with Crippen molar-refractivity contribution in [1.29, 1.82) is 0 Å². The summed E-state index contributed by atoms with van der Waals surface area (Å²) in [6.07, 6.45) is 0.122. The van der Waals surface area contributed by atoms with Crippen LogP contribution in [0, 0.1) is 5.92 Å². The second-order valence-corrected chi connectivity index (χ2v) is 6.60. The van der Waals surface area contributed by atoms with E-state index < -0.39 is 17.8 Å². The molecule has 1 unspecified atom stereocenters. The molecule has 0 radical (unpaired) electrons. The Hall–Kier alpha value is -2.54. The lowest BCUT2D eigenvalue weighted by atomic mass is 9.96. The molecule has 0 saturated heterocycles. The highest BCUT2D eigenvalue weighted by Crippen LogP contribution is 2.29. The highest BCUT2D eigenvalue weighted by molar-refractivity contribution is 9.10. The number of methoxy groups -OCH3 is 2. The minimum atomic E-state index is -1.01. The van der Waals surface area contributed by atoms with Crippen molar-refractivity contribution in [2.75, 3.05) is 19.5 Å². The third-order valence-electron chi connectivity index (χ3n) is 3.86. The van der Waals surface area contributed by atoms with Gasteiger partial charge in [0.15, 0.2) is 0 Å². The van der Waals surface area contributed by atoms with Gasteiger partial charge in [-0.1, -0.05) is 28.1 Å². The maximum Gasteiger partial charge on any atom is 0.307 e. The molecule has 0 aliphatic rings. The Labute approximate surface area is 160 Å². The molecule has 1 amide bonds. The summed E-state index contributed by atoms with van der Waals surface area (Å²) >= 11 is 3.34. The molecule has 0 fully saturated rings. The van der Waals surface area contributed by atoms with Crippen molar-refractivity contribution in [1.82, 2.24) is 0 Å². The number of carbonyl (C=O) groups is 2. The predicted octanol–water partition coefficient (Wildman–Crippen LogP) is 3.74. The van der Waals surface area contributed by atoms with E-state index in [1.807, 2.05) is 24.3 Å².